The van der Waals surface area contributed by atoms with Crippen LogP contribution < -0.4 is 0 Å². The summed E-state index contributed by atoms with van der Waals surface area (Å²) in [5.74, 6) is 9.46. The Kier molecular flexibility index (Phi) is 8.01. The molecule has 2 aliphatic carbocycles. The molecule has 0 saturated heterocycles. The molecule has 1 fully saturated rings. The molecule has 0 spiro atoms. The normalized spacial score (nSPS) is 29.0. The van der Waals surface area contributed by atoms with Gasteiger partial charge >= 0.3 is 0 Å². The Hall–Kier alpha value is -0.790. The van der Waals surface area contributed by atoms with Gasteiger partial charge in [-0.2, -0.15) is 8.42 Å². The molecular formula is C23H38O3S. The van der Waals surface area contributed by atoms with Crippen molar-refractivity contribution in [1.82, 2.24) is 0 Å². The van der Waals surface area contributed by atoms with Crippen LogP contribution in [0.4, 0.5) is 0 Å². The van der Waals surface area contributed by atoms with Crippen LogP contribution in [0.15, 0.2) is 11.6 Å². The van der Waals surface area contributed by atoms with Gasteiger partial charge in [-0.3, -0.25) is 4.18 Å². The first-order chi connectivity index (χ1) is 12.6. The molecule has 2 aliphatic rings. The maximum Gasteiger partial charge on any atom is 0.264 e. The highest BCUT2D eigenvalue weighted by atomic mass is 32.2. The van der Waals surface area contributed by atoms with Crippen molar-refractivity contribution in [1.29, 1.82) is 0 Å². The zero-order chi connectivity index (χ0) is 20.1. The number of rotatable bonds is 8. The van der Waals surface area contributed by atoms with E-state index >= 15 is 0 Å². The van der Waals surface area contributed by atoms with E-state index in [1.165, 1.54) is 44.1 Å². The Morgan fingerprint density at radius 2 is 2.00 bits per heavy atom. The predicted molar refractivity (Wildman–Crippen MR) is 113 cm³/mol. The van der Waals surface area contributed by atoms with Gasteiger partial charge in [-0.15, -0.1) is 0 Å². The third-order valence-corrected chi connectivity index (χ3v) is 7.31. The van der Waals surface area contributed by atoms with E-state index < -0.39 is 10.1 Å². The molecule has 0 N–H and O–H groups in total. The highest BCUT2D eigenvalue weighted by Gasteiger charge is 2.49. The molecule has 0 aromatic carbocycles. The van der Waals surface area contributed by atoms with Crippen molar-refractivity contribution < 1.29 is 12.6 Å². The summed E-state index contributed by atoms with van der Waals surface area (Å²) in [6.45, 7) is 9.74. The van der Waals surface area contributed by atoms with Crippen LogP contribution in [-0.2, 0) is 14.3 Å². The van der Waals surface area contributed by atoms with E-state index in [2.05, 4.69) is 45.6 Å². The predicted octanol–water partition coefficient (Wildman–Crippen LogP) is 5.57. The van der Waals surface area contributed by atoms with Crippen molar-refractivity contribution in [3.05, 3.63) is 11.6 Å². The van der Waals surface area contributed by atoms with Crippen LogP contribution in [0.25, 0.3) is 0 Å². The third-order valence-electron chi connectivity index (χ3n) is 6.72. The molecule has 0 radical (unpaired) electrons. The molecule has 0 aliphatic heterocycles. The molecule has 0 amide bonds. The fourth-order valence-electron chi connectivity index (χ4n) is 5.35. The molecule has 1 saturated carbocycles. The van der Waals surface area contributed by atoms with Crippen molar-refractivity contribution in [3.8, 4) is 11.8 Å². The second kappa shape index (κ2) is 9.61. The van der Waals surface area contributed by atoms with Gasteiger partial charge < -0.3 is 0 Å². The zero-order valence-electron chi connectivity index (χ0n) is 17.9. The zero-order valence-corrected chi connectivity index (χ0v) is 18.7. The summed E-state index contributed by atoms with van der Waals surface area (Å²) in [6.07, 6.45) is 12.9. The molecule has 154 valence electrons. The van der Waals surface area contributed by atoms with E-state index in [4.69, 9.17) is 4.18 Å². The van der Waals surface area contributed by atoms with Crippen LogP contribution in [0.3, 0.4) is 0 Å². The summed E-state index contributed by atoms with van der Waals surface area (Å²) in [6, 6.07) is 0. The number of hydrogen-bond donors (Lipinski definition) is 0. The van der Waals surface area contributed by atoms with E-state index in [1.54, 1.807) is 0 Å². The number of hydrogen-bond acceptors (Lipinski definition) is 3. The lowest BCUT2D eigenvalue weighted by Gasteiger charge is -2.42. The van der Waals surface area contributed by atoms with E-state index in [1.807, 2.05) is 0 Å². The number of allylic oxidation sites excluding steroid dienone is 2. The minimum absolute atomic E-state index is 0.149. The summed E-state index contributed by atoms with van der Waals surface area (Å²) < 4.78 is 26.8. The highest BCUT2D eigenvalue weighted by Crippen LogP contribution is 2.58. The topological polar surface area (TPSA) is 43.4 Å². The summed E-state index contributed by atoms with van der Waals surface area (Å²) in [5, 5.41) is 0. The van der Waals surface area contributed by atoms with Gasteiger partial charge in [-0.25, -0.2) is 0 Å². The molecule has 0 unspecified atom stereocenters. The second-order valence-electron chi connectivity index (χ2n) is 9.32. The molecule has 4 atom stereocenters. The van der Waals surface area contributed by atoms with Gasteiger partial charge in [-0.1, -0.05) is 64.9 Å². The Bertz CT molecular complexity index is 680. The largest absolute Gasteiger partial charge is 0.269 e. The molecule has 0 aromatic heterocycles. The maximum absolute atomic E-state index is 11.0. The van der Waals surface area contributed by atoms with Crippen molar-refractivity contribution >= 4 is 10.1 Å². The summed E-state index contributed by atoms with van der Waals surface area (Å²) in [4.78, 5) is 0. The highest BCUT2D eigenvalue weighted by molar-refractivity contribution is 7.85. The van der Waals surface area contributed by atoms with Crippen LogP contribution in [0, 0.1) is 40.9 Å². The molecule has 0 bridgehead atoms. The van der Waals surface area contributed by atoms with Crippen molar-refractivity contribution in [2.24, 2.45) is 29.1 Å². The Morgan fingerprint density at radius 1 is 1.26 bits per heavy atom. The minimum atomic E-state index is -3.37. The quantitative estimate of drug-likeness (QED) is 0.307. The van der Waals surface area contributed by atoms with Crippen LogP contribution in [-0.4, -0.2) is 21.3 Å². The van der Waals surface area contributed by atoms with Crippen LogP contribution in [0.2, 0.25) is 0 Å². The first-order valence-electron chi connectivity index (χ1n) is 10.7. The molecule has 0 heterocycles. The smallest absolute Gasteiger partial charge is 0.264 e. The second-order valence-corrected chi connectivity index (χ2v) is 11.0. The fourth-order valence-corrected chi connectivity index (χ4v) is 5.73. The lowest BCUT2D eigenvalue weighted by molar-refractivity contribution is 0.108. The van der Waals surface area contributed by atoms with Crippen LogP contribution in [0.5, 0.6) is 0 Å². The Balaban J connectivity index is 1.95. The first-order valence-corrected chi connectivity index (χ1v) is 12.5. The average molecular weight is 395 g/mol. The number of fused-ring (bicyclic) bond motifs is 1. The van der Waals surface area contributed by atoms with Crippen molar-refractivity contribution in [3.63, 3.8) is 0 Å². The van der Waals surface area contributed by atoms with Gasteiger partial charge in [0.1, 0.15) is 0 Å². The fraction of sp³-hybridized carbons (Fsp3) is 0.826. The van der Waals surface area contributed by atoms with E-state index in [-0.39, 0.29) is 6.61 Å². The molecule has 2 rings (SSSR count). The van der Waals surface area contributed by atoms with Gasteiger partial charge in [0.2, 0.25) is 0 Å². The van der Waals surface area contributed by atoms with E-state index in [9.17, 15) is 8.42 Å². The maximum atomic E-state index is 11.0. The average Bonchev–Trinajstić information content (AvgIpc) is 2.91. The standard InChI is InChI=1S/C23H38O3S/c1-18(2)10-8-11-19(3)21-14-15-22-20(13-9-16-23(21,22)4)12-6-7-17-26-27(5,24)25/h13,18-19,21-22H,7-11,14-17H2,1-5H3/t19-,21-,22+,23-/m1/s1. The first kappa shape index (κ1) is 22.5. The molecule has 0 aromatic rings. The minimum Gasteiger partial charge on any atom is -0.269 e. The lowest BCUT2D eigenvalue weighted by Crippen LogP contribution is -2.35. The summed E-state index contributed by atoms with van der Waals surface area (Å²) in [5.41, 5.74) is 1.67. The van der Waals surface area contributed by atoms with Crippen molar-refractivity contribution in [2.45, 2.75) is 79.1 Å². The van der Waals surface area contributed by atoms with Gasteiger partial charge in [0.15, 0.2) is 0 Å². The third kappa shape index (κ3) is 6.36. The molecular weight excluding hydrogens is 356 g/mol. The molecule has 3 nitrogen and oxygen atoms in total. The Morgan fingerprint density at radius 3 is 2.67 bits per heavy atom. The molecule has 27 heavy (non-hydrogen) atoms. The SMILES string of the molecule is CC(C)CCC[C@@H](C)[C@H]1CC[C@H]2C(C#CCCOS(C)(=O)=O)=CCC[C@]12C. The lowest BCUT2D eigenvalue weighted by atomic mass is 9.62. The summed E-state index contributed by atoms with van der Waals surface area (Å²) in [7, 11) is -3.37. The van der Waals surface area contributed by atoms with Crippen LogP contribution in [0.1, 0.15) is 79.1 Å². The Labute approximate surface area is 167 Å². The van der Waals surface area contributed by atoms with Crippen LogP contribution >= 0.6 is 0 Å². The van der Waals surface area contributed by atoms with E-state index in [0.29, 0.717) is 17.8 Å². The van der Waals surface area contributed by atoms with Gasteiger partial charge in [-0.05, 0) is 54.8 Å². The van der Waals surface area contributed by atoms with Gasteiger partial charge in [0.05, 0.1) is 12.9 Å². The van der Waals surface area contributed by atoms with Gasteiger partial charge in [0, 0.05) is 12.0 Å². The summed E-state index contributed by atoms with van der Waals surface area (Å²) >= 11 is 0. The van der Waals surface area contributed by atoms with Crippen molar-refractivity contribution in [2.75, 3.05) is 12.9 Å². The molecule has 4 heteroatoms. The monoisotopic (exact) mass is 394 g/mol. The van der Waals surface area contributed by atoms with Gasteiger partial charge in [0.25, 0.3) is 10.1 Å². The van der Waals surface area contributed by atoms with E-state index in [0.717, 1.165) is 30.4 Å².